The van der Waals surface area contributed by atoms with E-state index in [0.717, 1.165) is 45.0 Å². The van der Waals surface area contributed by atoms with E-state index in [1.54, 1.807) is 42.7 Å². The fourth-order valence-corrected chi connectivity index (χ4v) is 16.8. The molecule has 16 aromatic rings. The van der Waals surface area contributed by atoms with Gasteiger partial charge in [0.1, 0.15) is 0 Å². The third kappa shape index (κ3) is 26.1. The first-order chi connectivity index (χ1) is 69.6. The molecule has 1 aliphatic heterocycles. The van der Waals surface area contributed by atoms with Gasteiger partial charge in [-0.2, -0.15) is 37.0 Å². The van der Waals surface area contributed by atoms with Crippen molar-refractivity contribution in [1.82, 2.24) is 29.5 Å². The van der Waals surface area contributed by atoms with Crippen molar-refractivity contribution in [3.63, 3.8) is 0 Å². The molecule has 130 heavy (non-hydrogen) atoms. The number of para-hydroxylation sites is 4. The summed E-state index contributed by atoms with van der Waals surface area (Å²) in [4.78, 5) is 26.3. The van der Waals surface area contributed by atoms with Crippen LogP contribution in [0.2, 0.25) is 0 Å². The quantitative estimate of drug-likeness (QED) is 0.0947. The molecule has 0 amide bonds. The minimum Gasteiger partial charge on any atom is -0.499 e. The fraction of sp³-hybridized carbons (Fsp3) is 0.244. The number of fused-ring (bicyclic) bond motifs is 1. The standard InChI is InChI=1S/C25H24N2.C24H24N.C23H22N.C21H23N2.2C13H12N.3Ir/c1-3-9-20(10-4-1)21-15-17-23(18-16-21)27-19-26(22-11-5-2-6-12-22)24-13-7-8-14-25(24)27;1-18-10-11-22(24-9-5-6-16-25-24)17-23(18)21-14-12-20(13-15-21)19-7-3-2-4-8-19;1-2-7-18(8-3-1)19-12-14-20(15-13-19)21-9-6-10-22(17-21)23-11-4-5-16-24-23;1-15(2)18-11-8-12-19(16(3)4)20(18)23-14-13-22-21(23)17-9-6-5-7-10-17;2*1-10-3-6-12(7-4-10)13-8-5-11(2)9-14-13;;;/h1-11,13-14,19,21,23H,15-18H2;2-10,16-17,20-21H,12-15H2,1H3;1-9,11,16-17,19-20H,12-15H2;5-9,11-16H,1-4H3;2*3-6,8-9H,1-2H3;;;/q-2;5*-1;;;+3/i;1D3,20D,21D;19D,20D;;2*1D3,2D3;;;. The second kappa shape index (κ2) is 49.1. The fourth-order valence-electron chi connectivity index (χ4n) is 16.8. The Hall–Kier alpha value is -11.2. The maximum absolute atomic E-state index is 9.21. The Balaban J connectivity index is 0.000000159. The molecular formula is C119H117Ir3N8-4. The molecule has 3 aliphatic carbocycles. The molecule has 0 spiro atoms. The van der Waals surface area contributed by atoms with Crippen molar-refractivity contribution in [3.8, 4) is 62.1 Å². The van der Waals surface area contributed by atoms with Gasteiger partial charge in [-0.1, -0.05) is 218 Å². The van der Waals surface area contributed by atoms with E-state index in [1.807, 2.05) is 146 Å². The van der Waals surface area contributed by atoms with Gasteiger partial charge in [0, 0.05) is 127 Å². The van der Waals surface area contributed by atoms with Crippen LogP contribution in [0.4, 0.5) is 17.1 Å². The third-order valence-electron chi connectivity index (χ3n) is 23.6. The van der Waals surface area contributed by atoms with Crippen molar-refractivity contribution in [2.24, 2.45) is 0 Å². The predicted octanol–water partition coefficient (Wildman–Crippen LogP) is 30.5. The molecule has 11 aromatic carbocycles. The molecule has 4 aliphatic rings. The molecule has 664 valence electrons. The molecular weight excluding hydrogens is 2120 g/mol. The van der Waals surface area contributed by atoms with Crippen LogP contribution < -0.4 is 9.80 Å². The van der Waals surface area contributed by atoms with Gasteiger partial charge in [0.05, 0.1) is 5.82 Å². The number of hydrogen-bond acceptors (Lipinski definition) is 7. The Morgan fingerprint density at radius 1 is 0.362 bits per heavy atom. The summed E-state index contributed by atoms with van der Waals surface area (Å²) in [6, 6.07) is 117. The molecule has 3 saturated carbocycles. The minimum absolute atomic E-state index is 0. The maximum atomic E-state index is 9.21. The molecule has 11 heteroatoms. The van der Waals surface area contributed by atoms with E-state index in [-0.39, 0.29) is 88.1 Å². The van der Waals surface area contributed by atoms with Gasteiger partial charge in [-0.25, -0.2) is 0 Å². The number of imidazole rings is 1. The van der Waals surface area contributed by atoms with Crippen LogP contribution in [-0.4, -0.2) is 35.5 Å². The monoisotopic (exact) mass is 2260 g/mol. The van der Waals surface area contributed by atoms with Crippen LogP contribution in [0.3, 0.4) is 0 Å². The zero-order valence-corrected chi connectivity index (χ0v) is 80.5. The van der Waals surface area contributed by atoms with Gasteiger partial charge < -0.3 is 34.3 Å². The van der Waals surface area contributed by atoms with Crippen LogP contribution in [0.5, 0.6) is 0 Å². The smallest absolute Gasteiger partial charge is 0.499 e. The van der Waals surface area contributed by atoms with Crippen LogP contribution in [0, 0.1) is 77.3 Å². The Bertz CT molecular complexity index is 6620. The Kier molecular flexibility index (Phi) is 28.1. The number of anilines is 3. The van der Waals surface area contributed by atoms with Gasteiger partial charge in [-0.15, -0.1) is 183 Å². The Labute approximate surface area is 841 Å². The van der Waals surface area contributed by atoms with Crippen molar-refractivity contribution >= 4 is 17.1 Å². The number of nitrogens with zero attached hydrogens (tertiary/aromatic N) is 8. The predicted molar refractivity (Wildman–Crippen MR) is 527 cm³/mol. The number of aromatic nitrogens is 6. The minimum atomic E-state index is -2.32. The molecule has 5 aromatic heterocycles. The van der Waals surface area contributed by atoms with E-state index in [4.69, 9.17) is 24.7 Å². The van der Waals surface area contributed by atoms with Crippen LogP contribution >= 0.6 is 0 Å². The molecule has 0 bridgehead atoms. The summed E-state index contributed by atoms with van der Waals surface area (Å²) >= 11 is 0. The van der Waals surface area contributed by atoms with Crippen molar-refractivity contribution in [1.29, 1.82) is 0 Å². The molecule has 6 heterocycles. The number of rotatable bonds is 15. The van der Waals surface area contributed by atoms with E-state index >= 15 is 0 Å². The summed E-state index contributed by atoms with van der Waals surface area (Å²) in [5, 5.41) is 0. The summed E-state index contributed by atoms with van der Waals surface area (Å²) in [5.41, 5.74) is 20.2. The molecule has 0 saturated heterocycles. The summed E-state index contributed by atoms with van der Waals surface area (Å²) in [6.45, 7) is 0.258. The number of hydrogen-bond donors (Lipinski definition) is 0. The topological polar surface area (TPSA) is 75.9 Å². The Morgan fingerprint density at radius 3 is 1.32 bits per heavy atom. The van der Waals surface area contributed by atoms with Crippen molar-refractivity contribution in [3.05, 3.63) is 456 Å². The zero-order valence-electron chi connectivity index (χ0n) is 92.4. The second-order valence-electron chi connectivity index (χ2n) is 32.6. The number of benzene rings is 11. The van der Waals surface area contributed by atoms with E-state index in [0.29, 0.717) is 114 Å². The molecule has 0 unspecified atom stereocenters. The van der Waals surface area contributed by atoms with Gasteiger partial charge in [0.15, 0.2) is 0 Å². The summed E-state index contributed by atoms with van der Waals surface area (Å²) in [6.07, 6.45) is 19.7. The first-order valence-electron chi connectivity index (χ1n) is 53.3. The maximum Gasteiger partial charge on any atom is 3.00 e. The van der Waals surface area contributed by atoms with Gasteiger partial charge in [0.2, 0.25) is 0 Å². The number of pyridine rings is 4. The van der Waals surface area contributed by atoms with Gasteiger partial charge >= 0.3 is 20.1 Å². The molecule has 0 atom stereocenters. The van der Waals surface area contributed by atoms with Crippen LogP contribution in [-0.2, 0) is 60.3 Å². The van der Waals surface area contributed by atoms with E-state index < -0.39 is 57.8 Å². The van der Waals surface area contributed by atoms with Crippen LogP contribution in [0.15, 0.2) is 347 Å². The van der Waals surface area contributed by atoms with Crippen molar-refractivity contribution in [2.45, 2.75) is 186 Å². The number of aryl methyl sites for hydroxylation is 5. The molecule has 3 fully saturated rings. The summed E-state index contributed by atoms with van der Waals surface area (Å²) in [5.74, 6) is -0.441. The van der Waals surface area contributed by atoms with Crippen molar-refractivity contribution in [2.75, 3.05) is 9.80 Å². The van der Waals surface area contributed by atoms with E-state index in [1.165, 1.54) is 114 Å². The SMILES string of the molecule is CC(C)c1cccc(C(C)C)c1-n1ccnc1-c1[c-]cccc1.[2H]C([2H])([2H])c1c[c-]c(-c2ccc(C([2H])([2H])[2H])cn2)cc1.[2H]C([2H])([2H])c1c[c-]c(-c2ccc(C([2H])([2H])[2H])cn2)cc1.[2H]C([2H])([2H])c1c[c-]c(-c2ccccn2)cc1C1([2H])CCC([2H])(c2ccccc2)CC1.[2H]C1(c2ccccc2)CCC([2H])(c2cc[c-]c(-c3ccccn3)c2)CC1.[Ir+3].[Ir].[Ir].[c-]1ccccc1N1[CH-]N(C2CCC(c3ccccc3)CC2)c2ccccc21. The van der Waals surface area contributed by atoms with E-state index in [2.05, 4.69) is 213 Å². The molecule has 0 N–H and O–H groups in total. The molecule has 2 radical (unpaired) electrons. The van der Waals surface area contributed by atoms with Crippen LogP contribution in [0.1, 0.15) is 239 Å². The summed E-state index contributed by atoms with van der Waals surface area (Å²) in [7, 11) is 0. The normalized spacial score (nSPS) is 21.4. The van der Waals surface area contributed by atoms with Crippen molar-refractivity contribution < 1.29 is 86.4 Å². The molecule has 20 rings (SSSR count). The van der Waals surface area contributed by atoms with Crippen LogP contribution in [0.25, 0.3) is 62.1 Å². The average molecular weight is 2260 g/mol. The van der Waals surface area contributed by atoms with Gasteiger partial charge in [-0.05, 0) is 218 Å². The first kappa shape index (κ1) is 74.4. The summed E-state index contributed by atoms with van der Waals surface area (Å²) < 4.78 is 150. The zero-order chi connectivity index (χ0) is 104. The van der Waals surface area contributed by atoms with Gasteiger partial charge in [0.25, 0.3) is 0 Å². The largest absolute Gasteiger partial charge is 3.00 e. The average Bonchev–Trinajstić information content (AvgIpc) is 1.05. The van der Waals surface area contributed by atoms with E-state index in [9.17, 15) is 1.37 Å². The first-order valence-corrected chi connectivity index (χ1v) is 43.8. The second-order valence-corrected chi connectivity index (χ2v) is 32.6. The third-order valence-corrected chi connectivity index (χ3v) is 23.6. The van der Waals surface area contributed by atoms with Gasteiger partial charge in [-0.3, -0.25) is 4.98 Å². The molecule has 8 nitrogen and oxygen atoms in total. The Morgan fingerprint density at radius 2 is 0.838 bits per heavy atom.